The lowest BCUT2D eigenvalue weighted by Crippen LogP contribution is -2.11. The number of halogens is 1. The van der Waals surface area contributed by atoms with Crippen LogP contribution in [0.2, 0.25) is 0 Å². The maximum absolute atomic E-state index is 12.0. The third-order valence-electron chi connectivity index (χ3n) is 2.76. The van der Waals surface area contributed by atoms with Gasteiger partial charge in [-0.3, -0.25) is 4.79 Å². The van der Waals surface area contributed by atoms with E-state index in [1.807, 2.05) is 30.3 Å². The van der Waals surface area contributed by atoms with Gasteiger partial charge in [-0.25, -0.2) is 0 Å². The number of ketones is 1. The second-order valence-electron chi connectivity index (χ2n) is 3.99. The number of carbonyl (C=O) groups excluding carboxylic acids is 1. The molecule has 4 heteroatoms. The Bertz CT molecular complexity index is 347. The molecule has 90 valence electrons. The molecule has 2 rings (SSSR count). The van der Waals surface area contributed by atoms with Gasteiger partial charge in [-0.05, 0) is 39.2 Å². The fourth-order valence-corrected chi connectivity index (χ4v) is 6.48. The Kier molecular flexibility index (Phi) is 5.02. The Morgan fingerprint density at radius 3 is 2.31 bits per heavy atom. The highest BCUT2D eigenvalue weighted by atomic mass is 79.9. The number of hydrogen-bond acceptors (Lipinski definition) is 1. The Hall–Kier alpha value is -0.320. The third-order valence-corrected chi connectivity index (χ3v) is 8.21. The van der Waals surface area contributed by atoms with Gasteiger partial charge in [0.05, 0.1) is 5.75 Å². The van der Waals surface area contributed by atoms with Gasteiger partial charge in [0.25, 0.3) is 0 Å². The number of Topliss-reactive ketones (excluding diaryl/α,β-unsaturated/α-hetero) is 1. The van der Waals surface area contributed by atoms with E-state index >= 15 is 0 Å². The number of benzene rings is 1. The molecule has 1 aliphatic rings. The molecule has 0 amide bonds. The van der Waals surface area contributed by atoms with Crippen molar-refractivity contribution in [3.63, 3.8) is 0 Å². The lowest BCUT2D eigenvalue weighted by Gasteiger charge is -2.26. The summed E-state index contributed by atoms with van der Waals surface area (Å²) in [5.41, 5.74) is 0.857. The van der Waals surface area contributed by atoms with E-state index in [0.29, 0.717) is 5.78 Å². The second kappa shape index (κ2) is 5.84. The van der Waals surface area contributed by atoms with Gasteiger partial charge in [-0.15, -0.1) is 0 Å². The summed E-state index contributed by atoms with van der Waals surface area (Å²) in [7, 11) is -0.788. The highest BCUT2D eigenvalue weighted by Crippen LogP contribution is 2.60. The first-order valence-corrected chi connectivity index (χ1v) is 9.22. The van der Waals surface area contributed by atoms with Crippen molar-refractivity contribution in [2.75, 3.05) is 17.3 Å². The largest absolute Gasteiger partial charge is 0.412 e. The molecule has 1 fully saturated rings. The fourth-order valence-electron chi connectivity index (χ4n) is 1.91. The minimum atomic E-state index is -0.788. The monoisotopic (exact) mass is 304 g/mol. The van der Waals surface area contributed by atoms with E-state index in [0.717, 1.165) is 11.3 Å². The van der Waals surface area contributed by atoms with E-state index in [9.17, 15) is 4.79 Å². The molecule has 1 heterocycles. The Morgan fingerprint density at radius 2 is 1.75 bits per heavy atom. The van der Waals surface area contributed by atoms with Gasteiger partial charge in [0.1, 0.15) is 0 Å². The summed E-state index contributed by atoms with van der Waals surface area (Å²) in [6.07, 6.45) is 2.56. The van der Waals surface area contributed by atoms with Gasteiger partial charge >= 0.3 is 0 Å². The number of rotatable bonds is 3. The molecule has 2 nitrogen and oxygen atoms in total. The summed E-state index contributed by atoms with van der Waals surface area (Å²) in [6, 6.07) is 9.62. The average molecular weight is 305 g/mol. The molecule has 1 aliphatic heterocycles. The zero-order valence-electron chi connectivity index (χ0n) is 9.12. The van der Waals surface area contributed by atoms with Crippen molar-refractivity contribution in [2.45, 2.75) is 12.8 Å². The van der Waals surface area contributed by atoms with E-state index in [1.165, 1.54) is 24.3 Å². The van der Waals surface area contributed by atoms with Gasteiger partial charge in [0, 0.05) is 5.56 Å². The van der Waals surface area contributed by atoms with Crippen molar-refractivity contribution in [3.05, 3.63) is 35.9 Å². The third kappa shape index (κ3) is 3.34. The van der Waals surface area contributed by atoms with Crippen LogP contribution in [-0.2, 0) is 0 Å². The Morgan fingerprint density at radius 1 is 1.19 bits per heavy atom. The molecule has 0 bridgehead atoms. The van der Waals surface area contributed by atoms with Gasteiger partial charge < -0.3 is 5.48 Å². The van der Waals surface area contributed by atoms with Gasteiger partial charge in [0.15, 0.2) is 5.78 Å². The van der Waals surface area contributed by atoms with Crippen LogP contribution in [0.15, 0.2) is 30.3 Å². The van der Waals surface area contributed by atoms with E-state index < -0.39 is 8.46 Å². The molecule has 0 spiro atoms. The lowest BCUT2D eigenvalue weighted by atomic mass is 10.2. The van der Waals surface area contributed by atoms with Crippen LogP contribution in [0.3, 0.4) is 0 Å². The van der Waals surface area contributed by atoms with E-state index in [2.05, 4.69) is 14.8 Å². The minimum Gasteiger partial charge on any atom is -0.412 e. The van der Waals surface area contributed by atoms with Crippen LogP contribution in [0.4, 0.5) is 0 Å². The van der Waals surface area contributed by atoms with Gasteiger partial charge in [0.2, 0.25) is 0 Å². The molecule has 0 atom stereocenters. The normalized spacial score (nSPS) is 19.8. The van der Waals surface area contributed by atoms with E-state index in [-0.39, 0.29) is 5.48 Å². The van der Waals surface area contributed by atoms with Crippen LogP contribution in [0.5, 0.6) is 0 Å². The predicted molar refractivity (Wildman–Crippen MR) is 74.7 cm³/mol. The zero-order chi connectivity index (χ0) is 10.7. The van der Waals surface area contributed by atoms with Crippen LogP contribution in [0.1, 0.15) is 23.2 Å². The molecule has 1 aromatic rings. The SMILES string of the molecule is O.O=C(CS1(Br)CCCC1)c1ccccc1. The van der Waals surface area contributed by atoms with Crippen molar-refractivity contribution in [1.82, 2.24) is 0 Å². The first-order valence-electron chi connectivity index (χ1n) is 5.24. The van der Waals surface area contributed by atoms with E-state index in [1.54, 1.807) is 0 Å². The predicted octanol–water partition coefficient (Wildman–Crippen LogP) is 2.95. The topological polar surface area (TPSA) is 48.6 Å². The molecule has 0 unspecified atom stereocenters. The van der Waals surface area contributed by atoms with E-state index in [4.69, 9.17) is 0 Å². The van der Waals surface area contributed by atoms with Crippen LogP contribution in [0, 0.1) is 0 Å². The lowest BCUT2D eigenvalue weighted by molar-refractivity contribution is 0.102. The maximum Gasteiger partial charge on any atom is 0.171 e. The molecule has 0 saturated carbocycles. The Labute approximate surface area is 105 Å². The summed E-state index contributed by atoms with van der Waals surface area (Å²) >= 11 is 3.81. The van der Waals surface area contributed by atoms with Crippen molar-refractivity contribution in [1.29, 1.82) is 0 Å². The summed E-state index contributed by atoms with van der Waals surface area (Å²) in [6.45, 7) is 0. The molecule has 1 aromatic carbocycles. The first-order chi connectivity index (χ1) is 7.20. The van der Waals surface area contributed by atoms with Crippen molar-refractivity contribution in [3.8, 4) is 0 Å². The molecule has 1 saturated heterocycles. The second-order valence-corrected chi connectivity index (χ2v) is 11.1. The van der Waals surface area contributed by atoms with Crippen molar-refractivity contribution >= 4 is 29.1 Å². The molecule has 0 aliphatic carbocycles. The average Bonchev–Trinajstić information content (AvgIpc) is 2.66. The van der Waals surface area contributed by atoms with Crippen molar-refractivity contribution < 1.29 is 10.3 Å². The summed E-state index contributed by atoms with van der Waals surface area (Å²) < 4.78 is 0. The summed E-state index contributed by atoms with van der Waals surface area (Å²) in [5, 5.41) is 0. The van der Waals surface area contributed by atoms with Gasteiger partial charge in [-0.2, -0.15) is 8.46 Å². The molecule has 2 N–H and O–H groups in total. The molecule has 0 radical (unpaired) electrons. The standard InChI is InChI=1S/C12H15BrOS.H2O/c13-15(8-4-5-9-15)10-12(14)11-6-2-1-3-7-11;/h1-3,6-7H,4-5,8-10H2;1H2. The highest BCUT2D eigenvalue weighted by molar-refractivity contribution is 9.58. The molecule has 16 heavy (non-hydrogen) atoms. The summed E-state index contributed by atoms with van der Waals surface area (Å²) in [4.78, 5) is 12.0. The molecular weight excluding hydrogens is 288 g/mol. The number of carbonyl (C=O) groups is 1. The quantitative estimate of drug-likeness (QED) is 0.792. The molecular formula is C12H17BrO2S. The van der Waals surface area contributed by atoms with Crippen LogP contribution >= 0.6 is 23.3 Å². The smallest absolute Gasteiger partial charge is 0.171 e. The highest BCUT2D eigenvalue weighted by Gasteiger charge is 2.28. The van der Waals surface area contributed by atoms with Gasteiger partial charge in [-0.1, -0.05) is 30.3 Å². The first kappa shape index (κ1) is 13.7. The minimum absolute atomic E-state index is 0. The zero-order valence-corrected chi connectivity index (χ0v) is 11.5. The molecule has 0 aromatic heterocycles. The fraction of sp³-hybridized carbons (Fsp3) is 0.417. The van der Waals surface area contributed by atoms with Crippen LogP contribution in [0.25, 0.3) is 0 Å². The maximum atomic E-state index is 12.0. The Balaban J connectivity index is 0.00000128. The summed E-state index contributed by atoms with van der Waals surface area (Å²) in [5.74, 6) is 3.44. The van der Waals surface area contributed by atoms with Crippen LogP contribution in [-0.4, -0.2) is 28.5 Å². The van der Waals surface area contributed by atoms with Crippen molar-refractivity contribution in [2.24, 2.45) is 0 Å². The number of hydrogen-bond donors (Lipinski definition) is 0. The van der Waals surface area contributed by atoms with Crippen LogP contribution < -0.4 is 0 Å².